The quantitative estimate of drug-likeness (QED) is 0.587. The fraction of sp³-hybridized carbons (Fsp3) is 0.929. The molecule has 0 aliphatic carbocycles. The van der Waals surface area contributed by atoms with E-state index in [0.29, 0.717) is 0 Å². The number of nitriles is 1. The highest BCUT2D eigenvalue weighted by Gasteiger charge is 2.61. The first kappa shape index (κ1) is 17.8. The summed E-state index contributed by atoms with van der Waals surface area (Å²) in [7, 11) is -1.36. The van der Waals surface area contributed by atoms with Gasteiger partial charge in [-0.1, -0.05) is 0 Å². The van der Waals surface area contributed by atoms with Crippen molar-refractivity contribution in [2.75, 3.05) is 6.54 Å². The Morgan fingerprint density at radius 2 is 1.00 bits per heavy atom. The van der Waals surface area contributed by atoms with Crippen molar-refractivity contribution in [3.63, 3.8) is 0 Å². The molecule has 6 nitrogen and oxygen atoms in total. The van der Waals surface area contributed by atoms with Gasteiger partial charge in [-0.05, 0) is 55.4 Å². The molecule has 0 aromatic heterocycles. The van der Waals surface area contributed by atoms with Crippen molar-refractivity contribution in [1.29, 1.82) is 5.26 Å². The van der Waals surface area contributed by atoms with Gasteiger partial charge >= 0.3 is 14.5 Å². The summed E-state index contributed by atoms with van der Waals surface area (Å²) in [6.07, 6.45) is 0. The van der Waals surface area contributed by atoms with Crippen LogP contribution in [0.4, 0.5) is 0 Å². The lowest BCUT2D eigenvalue weighted by Crippen LogP contribution is -2.53. The topological polar surface area (TPSA) is 64.0 Å². The normalized spacial score (nSPS) is 28.2. The van der Waals surface area contributed by atoms with E-state index in [-0.39, 0.29) is 6.54 Å². The summed E-state index contributed by atoms with van der Waals surface area (Å²) < 4.78 is 25.8. The zero-order chi connectivity index (χ0) is 17.0. The molecule has 0 unspecified atom stereocenters. The van der Waals surface area contributed by atoms with Crippen LogP contribution in [0.3, 0.4) is 0 Å². The first-order valence-electron chi connectivity index (χ1n) is 7.67. The highest BCUT2D eigenvalue weighted by molar-refractivity contribution is 6.60. The summed E-state index contributed by atoms with van der Waals surface area (Å²) in [4.78, 5) is 0. The molecule has 0 radical (unpaired) electrons. The Bertz CT molecular complexity index is 420. The van der Waals surface area contributed by atoms with E-state index < -0.39 is 36.9 Å². The zero-order valence-corrected chi connectivity index (χ0v) is 14.9. The molecule has 2 aliphatic rings. The summed E-state index contributed by atoms with van der Waals surface area (Å²) in [5.74, 6) is 0. The van der Waals surface area contributed by atoms with Crippen LogP contribution in [0, 0.1) is 11.3 Å². The lowest BCUT2D eigenvalue weighted by atomic mass is 9.89. The molecule has 0 atom stereocenters. The predicted molar refractivity (Wildman–Crippen MR) is 84.5 cm³/mol. The first-order valence-corrected chi connectivity index (χ1v) is 7.67. The molecule has 2 aliphatic heterocycles. The van der Waals surface area contributed by atoms with Crippen molar-refractivity contribution in [1.82, 2.24) is 4.72 Å². The summed E-state index contributed by atoms with van der Waals surface area (Å²) in [5, 5.41) is 9.16. The second-order valence-electron chi connectivity index (χ2n) is 7.96. The van der Waals surface area contributed by atoms with E-state index in [1.165, 1.54) is 0 Å². The van der Waals surface area contributed by atoms with Crippen LogP contribution in [0.25, 0.3) is 0 Å². The van der Waals surface area contributed by atoms with E-state index in [2.05, 4.69) is 6.07 Å². The molecule has 2 heterocycles. The summed E-state index contributed by atoms with van der Waals surface area (Å²) in [6.45, 7) is 15.9. The largest absolute Gasteiger partial charge is 0.551 e. The van der Waals surface area contributed by atoms with Crippen LogP contribution in [-0.4, -0.2) is 48.2 Å². The summed E-state index contributed by atoms with van der Waals surface area (Å²) in [5.41, 5.74) is -1.91. The molecule has 0 aromatic carbocycles. The van der Waals surface area contributed by atoms with E-state index in [9.17, 15) is 0 Å². The lowest BCUT2D eigenvalue weighted by Gasteiger charge is -2.32. The van der Waals surface area contributed by atoms with Crippen molar-refractivity contribution in [3.05, 3.63) is 0 Å². The molecule has 2 rings (SSSR count). The second kappa shape index (κ2) is 5.22. The highest BCUT2D eigenvalue weighted by atomic mass is 16.7. The van der Waals surface area contributed by atoms with Gasteiger partial charge in [0.1, 0.15) is 0 Å². The molecule has 2 saturated heterocycles. The Balaban J connectivity index is 2.22. The van der Waals surface area contributed by atoms with Crippen molar-refractivity contribution in [2.45, 2.75) is 77.8 Å². The Morgan fingerprint density at radius 1 is 0.727 bits per heavy atom. The van der Waals surface area contributed by atoms with Gasteiger partial charge < -0.3 is 18.6 Å². The molecule has 0 saturated carbocycles. The fourth-order valence-electron chi connectivity index (χ4n) is 2.22. The van der Waals surface area contributed by atoms with E-state index in [0.717, 1.165) is 0 Å². The van der Waals surface area contributed by atoms with Gasteiger partial charge in [-0.25, -0.2) is 0 Å². The lowest BCUT2D eigenvalue weighted by molar-refractivity contribution is 0.00578. The standard InChI is InChI=1S/C14H26B2N2O4/c1-11(2)12(3,4)20-15(19-11)18(10-9-17)16-21-13(5,6)14(7,8)22-16/h10H2,1-8H3. The monoisotopic (exact) mass is 308 g/mol. The molecule has 8 heteroatoms. The van der Waals surface area contributed by atoms with Gasteiger partial charge in [0.25, 0.3) is 0 Å². The zero-order valence-electron chi connectivity index (χ0n) is 14.9. The van der Waals surface area contributed by atoms with Gasteiger partial charge in [-0.3, -0.25) is 4.72 Å². The van der Waals surface area contributed by atoms with Gasteiger partial charge in [-0.15, -0.1) is 0 Å². The smallest absolute Gasteiger partial charge is 0.390 e. The van der Waals surface area contributed by atoms with Crippen molar-refractivity contribution in [2.24, 2.45) is 0 Å². The van der Waals surface area contributed by atoms with Crippen LogP contribution >= 0.6 is 0 Å². The number of hydrogen-bond donors (Lipinski definition) is 0. The van der Waals surface area contributed by atoms with Crippen LogP contribution in [0.5, 0.6) is 0 Å². The maximum absolute atomic E-state index is 9.16. The third-order valence-electron chi connectivity index (χ3n) is 5.28. The van der Waals surface area contributed by atoms with Gasteiger partial charge in [0.2, 0.25) is 0 Å². The molecule has 0 amide bonds. The van der Waals surface area contributed by atoms with E-state index >= 15 is 0 Å². The van der Waals surface area contributed by atoms with E-state index in [4.69, 9.17) is 23.9 Å². The molecule has 122 valence electrons. The van der Waals surface area contributed by atoms with Crippen molar-refractivity contribution >= 4 is 14.5 Å². The van der Waals surface area contributed by atoms with Crippen molar-refractivity contribution in [3.8, 4) is 6.07 Å². The summed E-state index contributed by atoms with van der Waals surface area (Å²) >= 11 is 0. The molecular formula is C14H26B2N2O4. The van der Waals surface area contributed by atoms with Crippen molar-refractivity contribution < 1.29 is 18.6 Å². The predicted octanol–water partition coefficient (Wildman–Crippen LogP) is 1.99. The van der Waals surface area contributed by atoms with Crippen LogP contribution in [0.15, 0.2) is 0 Å². The number of hydrogen-bond acceptors (Lipinski definition) is 6. The van der Waals surface area contributed by atoms with Gasteiger partial charge in [0.05, 0.1) is 35.0 Å². The molecule has 0 aromatic rings. The van der Waals surface area contributed by atoms with Gasteiger partial charge in [0.15, 0.2) is 0 Å². The molecule has 0 N–H and O–H groups in total. The molecule has 0 spiro atoms. The Hall–Kier alpha value is -0.580. The van der Waals surface area contributed by atoms with Gasteiger partial charge in [0, 0.05) is 0 Å². The number of rotatable bonds is 3. The third-order valence-corrected chi connectivity index (χ3v) is 5.28. The average Bonchev–Trinajstić information content (AvgIpc) is 2.65. The van der Waals surface area contributed by atoms with Crippen LogP contribution in [0.1, 0.15) is 55.4 Å². The SMILES string of the molecule is CC1(C)OB(N(CC#N)B2OC(C)(C)C(C)(C)O2)OC1(C)C. The minimum atomic E-state index is -0.681. The summed E-state index contributed by atoms with van der Waals surface area (Å²) in [6, 6.07) is 2.14. The highest BCUT2D eigenvalue weighted by Crippen LogP contribution is 2.41. The van der Waals surface area contributed by atoms with Crippen LogP contribution in [-0.2, 0) is 18.6 Å². The number of nitrogens with zero attached hydrogens (tertiary/aromatic N) is 2. The average molecular weight is 308 g/mol. The molecule has 0 bridgehead atoms. The molecule has 22 heavy (non-hydrogen) atoms. The Labute approximate surface area is 134 Å². The molecule has 2 fully saturated rings. The Kier molecular flexibility index (Phi) is 4.21. The Morgan fingerprint density at radius 3 is 1.23 bits per heavy atom. The van der Waals surface area contributed by atoms with Crippen LogP contribution in [0.2, 0.25) is 0 Å². The minimum Gasteiger partial charge on any atom is -0.390 e. The van der Waals surface area contributed by atoms with Gasteiger partial charge in [-0.2, -0.15) is 5.26 Å². The fourth-order valence-corrected chi connectivity index (χ4v) is 2.22. The van der Waals surface area contributed by atoms with Crippen LogP contribution < -0.4 is 0 Å². The first-order chi connectivity index (χ1) is 9.83. The van der Waals surface area contributed by atoms with E-state index in [1.807, 2.05) is 55.4 Å². The molecular weight excluding hydrogens is 282 g/mol. The second-order valence-corrected chi connectivity index (χ2v) is 7.96. The maximum Gasteiger partial charge on any atom is 0.551 e. The minimum absolute atomic E-state index is 0.0909. The van der Waals surface area contributed by atoms with E-state index in [1.54, 1.807) is 4.72 Å². The third kappa shape index (κ3) is 2.81. The maximum atomic E-state index is 9.16.